The summed E-state index contributed by atoms with van der Waals surface area (Å²) in [5, 5.41) is 65.0. The first-order valence-corrected chi connectivity index (χ1v) is 22.2. The SMILES string of the molecule is CN(C)C(=O)[C@H]1C[C@@H](CC(=O)N2CC(Oc3ccc4c(c3C(=O)O)O[B-](O)(O)CC4)C2)CN1.CN(C)C(=O)[C@H]1C[C@@H](CC(=O)N2CC(Oc3ccc4c(c3C(=O)O)O[B-](O)(O)CC4)C2)CN1.[Na+].[Na+]. The number of fused-ring (bicyclic) bond motifs is 2. The number of carboxylic acids is 2. The minimum absolute atomic E-state index is 0. The van der Waals surface area contributed by atoms with Crippen molar-refractivity contribution in [1.82, 2.24) is 30.2 Å². The first-order chi connectivity index (χ1) is 31.1. The van der Waals surface area contributed by atoms with Gasteiger partial charge in [0.15, 0.2) is 0 Å². The summed E-state index contributed by atoms with van der Waals surface area (Å²) in [6, 6.07) is 5.87. The van der Waals surface area contributed by atoms with Gasteiger partial charge in [-0.05, 0) is 73.9 Å². The summed E-state index contributed by atoms with van der Waals surface area (Å²) in [6.07, 6.45) is 1.70. The summed E-state index contributed by atoms with van der Waals surface area (Å²) in [7, 11) is 6.83. The Morgan fingerprint density at radius 1 is 0.632 bits per heavy atom. The van der Waals surface area contributed by atoms with Gasteiger partial charge < -0.3 is 79.3 Å². The fourth-order valence-electron chi connectivity index (χ4n) is 9.13. The zero-order valence-electron chi connectivity index (χ0n) is 39.4. The minimum Gasteiger partial charge on any atom is -0.669 e. The van der Waals surface area contributed by atoms with Gasteiger partial charge in [-0.25, -0.2) is 9.59 Å². The van der Waals surface area contributed by atoms with Crippen LogP contribution in [0.25, 0.3) is 0 Å². The number of aromatic carboxylic acids is 2. The molecule has 4 fully saturated rings. The molecule has 26 heteroatoms. The van der Waals surface area contributed by atoms with Crippen molar-refractivity contribution in [1.29, 1.82) is 0 Å². The number of likely N-dealkylation sites (tertiary alicyclic amines) is 2. The van der Waals surface area contributed by atoms with Crippen LogP contribution in [0.1, 0.15) is 57.5 Å². The molecule has 6 heterocycles. The molecule has 0 aromatic heterocycles. The smallest absolute Gasteiger partial charge is 0.669 e. The summed E-state index contributed by atoms with van der Waals surface area (Å²) in [4.78, 5) is 79.5. The molecule has 0 radical (unpaired) electrons. The van der Waals surface area contributed by atoms with Gasteiger partial charge in [-0.2, -0.15) is 0 Å². The van der Waals surface area contributed by atoms with Crippen molar-refractivity contribution in [3.8, 4) is 23.0 Å². The molecule has 0 bridgehead atoms. The summed E-state index contributed by atoms with van der Waals surface area (Å²) >= 11 is 0. The van der Waals surface area contributed by atoms with E-state index in [2.05, 4.69) is 10.6 Å². The third-order valence-corrected chi connectivity index (χ3v) is 12.9. The van der Waals surface area contributed by atoms with Crippen LogP contribution >= 0.6 is 0 Å². The third kappa shape index (κ3) is 13.0. The molecule has 4 amide bonds. The Labute approximate surface area is 437 Å². The fraction of sp³-hybridized carbons (Fsp3) is 0.571. The number of ether oxygens (including phenoxy) is 2. The van der Waals surface area contributed by atoms with E-state index in [0.29, 0.717) is 76.1 Å². The second-order valence-corrected chi connectivity index (χ2v) is 18.6. The van der Waals surface area contributed by atoms with Gasteiger partial charge >= 0.3 is 84.6 Å². The molecule has 4 saturated heterocycles. The molecule has 0 spiro atoms. The van der Waals surface area contributed by atoms with Crippen LogP contribution in [-0.2, 0) is 32.0 Å². The molecule has 2 aromatic rings. The molecule has 0 saturated carbocycles. The number of benzene rings is 2. The Hall–Kier alpha value is -3.65. The summed E-state index contributed by atoms with van der Waals surface area (Å²) < 4.78 is 22.0. The summed E-state index contributed by atoms with van der Waals surface area (Å²) in [6.45, 7) is -3.70. The van der Waals surface area contributed by atoms with Gasteiger partial charge in [-0.15, -0.1) is 0 Å². The van der Waals surface area contributed by atoms with Gasteiger partial charge in [0.1, 0.15) is 34.8 Å². The average Bonchev–Trinajstić information content (AvgIpc) is 3.88. The molecular weight excluding hydrogens is 912 g/mol. The summed E-state index contributed by atoms with van der Waals surface area (Å²) in [5.41, 5.74) is 0.642. The van der Waals surface area contributed by atoms with E-state index in [1.807, 2.05) is 0 Å². The van der Waals surface area contributed by atoms with Gasteiger partial charge in [-0.1, -0.05) is 24.8 Å². The van der Waals surface area contributed by atoms with E-state index < -0.39 is 25.4 Å². The Balaban J connectivity index is 0.000000247. The Morgan fingerprint density at radius 3 is 1.31 bits per heavy atom. The Kier molecular flexibility index (Phi) is 18.4. The van der Waals surface area contributed by atoms with Crippen molar-refractivity contribution in [2.24, 2.45) is 11.8 Å². The van der Waals surface area contributed by atoms with Crippen molar-refractivity contribution in [2.45, 2.75) is 75.5 Å². The molecule has 0 aliphatic carbocycles. The number of hydrogen-bond donors (Lipinski definition) is 8. The molecule has 4 atom stereocenters. The molecule has 0 unspecified atom stereocenters. The van der Waals surface area contributed by atoms with Crippen LogP contribution in [0.2, 0.25) is 12.6 Å². The maximum atomic E-state index is 12.6. The summed E-state index contributed by atoms with van der Waals surface area (Å²) in [5.74, 6) is -2.50. The van der Waals surface area contributed by atoms with Crippen molar-refractivity contribution < 1.29 is 137 Å². The van der Waals surface area contributed by atoms with Crippen LogP contribution in [-0.4, -0.2) is 191 Å². The van der Waals surface area contributed by atoms with E-state index in [0.717, 1.165) is 0 Å². The van der Waals surface area contributed by atoms with Gasteiger partial charge in [0.2, 0.25) is 23.6 Å². The molecule has 2 aromatic carbocycles. The van der Waals surface area contributed by atoms with E-state index in [9.17, 15) is 59.1 Å². The number of carbonyl (C=O) groups is 6. The minimum atomic E-state index is -3.11. The zero-order chi connectivity index (χ0) is 47.8. The predicted octanol–water partition coefficient (Wildman–Crippen LogP) is -7.41. The quantitative estimate of drug-likeness (QED) is 0.0917. The normalized spacial score (nSPS) is 23.1. The van der Waals surface area contributed by atoms with Gasteiger partial charge in [0.05, 0.1) is 49.8 Å². The van der Waals surface area contributed by atoms with E-state index in [4.69, 9.17) is 18.8 Å². The van der Waals surface area contributed by atoms with Crippen LogP contribution in [0.4, 0.5) is 0 Å². The van der Waals surface area contributed by atoms with E-state index in [1.54, 1.807) is 59.9 Å². The second-order valence-electron chi connectivity index (χ2n) is 18.6. The van der Waals surface area contributed by atoms with Crippen LogP contribution in [0, 0.1) is 11.8 Å². The van der Waals surface area contributed by atoms with Crippen molar-refractivity contribution in [3.05, 3.63) is 46.5 Å². The van der Waals surface area contributed by atoms with Gasteiger partial charge in [-0.3, -0.25) is 19.2 Å². The van der Waals surface area contributed by atoms with Crippen LogP contribution in [0.3, 0.4) is 0 Å². The predicted molar refractivity (Wildman–Crippen MR) is 234 cm³/mol. The third-order valence-electron chi connectivity index (χ3n) is 12.9. The molecule has 6 aliphatic rings. The molecule has 68 heavy (non-hydrogen) atoms. The number of amides is 4. The first kappa shape index (κ1) is 55.3. The molecular formula is C42H58B2N6Na2O16. The van der Waals surface area contributed by atoms with E-state index in [-0.39, 0.29) is 178 Å². The van der Waals surface area contributed by atoms with Crippen molar-refractivity contribution >= 4 is 49.1 Å². The standard InChI is InChI=1S/2C21H29BN3O8.2Na/c2*1-24(2)20(27)15-7-12(9-23-15)8-17(26)25-10-14(11-25)32-16-4-3-13-5-6-22(30,31)33-19(13)18(16)21(28)29;;/h2*3-4,12,14-15,23,30-31H,5-11H2,1-2H3,(H,28,29);;/q2*-1;2*+1/t2*12-,15+;;/m00../s1. The second kappa shape index (κ2) is 22.6. The molecule has 6 aliphatic heterocycles. The number of hydrogen-bond acceptors (Lipinski definition) is 16. The molecule has 360 valence electrons. The number of nitrogens with zero attached hydrogens (tertiary/aromatic N) is 4. The van der Waals surface area contributed by atoms with Gasteiger partial charge in [0.25, 0.3) is 0 Å². The van der Waals surface area contributed by atoms with Crippen LogP contribution < -0.4 is 88.5 Å². The first-order valence-electron chi connectivity index (χ1n) is 22.2. The number of carboxylic acid groups (broad SMARTS) is 2. The molecule has 8 rings (SSSR count). The largest absolute Gasteiger partial charge is 1.00 e. The Morgan fingerprint density at radius 2 is 0.985 bits per heavy atom. The fourth-order valence-corrected chi connectivity index (χ4v) is 9.13. The number of aryl methyl sites for hydroxylation is 2. The zero-order valence-corrected chi connectivity index (χ0v) is 43.4. The number of rotatable bonds is 12. The van der Waals surface area contributed by atoms with E-state index >= 15 is 0 Å². The number of nitrogens with one attached hydrogen (secondary N) is 2. The topological polar surface area (TPSA) is 298 Å². The molecule has 8 N–H and O–H groups in total. The van der Waals surface area contributed by atoms with Crippen molar-refractivity contribution in [2.75, 3.05) is 67.5 Å². The van der Waals surface area contributed by atoms with Crippen molar-refractivity contribution in [3.63, 3.8) is 0 Å². The molecule has 22 nitrogen and oxygen atoms in total. The Bertz CT molecular complexity index is 2090. The van der Waals surface area contributed by atoms with Gasteiger partial charge in [0, 0.05) is 41.0 Å². The average molecular weight is 971 g/mol. The van der Waals surface area contributed by atoms with E-state index in [1.165, 1.54) is 12.1 Å². The monoisotopic (exact) mass is 970 g/mol. The maximum Gasteiger partial charge on any atom is 1.00 e. The number of carbonyl (C=O) groups excluding carboxylic acids is 4. The number of likely N-dealkylation sites (N-methyl/N-ethyl adjacent to an activating group) is 2. The van der Waals surface area contributed by atoms with Crippen LogP contribution in [0.5, 0.6) is 23.0 Å². The van der Waals surface area contributed by atoms with Crippen LogP contribution in [0.15, 0.2) is 24.3 Å². The maximum absolute atomic E-state index is 12.6.